The third-order valence-electron chi connectivity index (χ3n) is 7.91. The maximum absolute atomic E-state index is 13.6. The number of alkyl halides is 2. The Bertz CT molecular complexity index is 1720. The van der Waals surface area contributed by atoms with Gasteiger partial charge in [0, 0.05) is 25.1 Å². The number of sulfonamides is 1. The number of anilines is 1. The molecule has 1 aromatic heterocycles. The standard InChI is InChI=1S/C32H35Cl2F2N3O9S/c33-24-17-39(42)18-25(34)23(24)16-29(21-5-7-28(48-32(35)36)30(15-21)46-19-20-2-3-20)47-31(41)22-4-6-27(40)26(14-22)37-49(43,44)13-1-8-38-9-11-45-12-10-38/h4-7,14-15,17-18,20,29,32,37,40H,1-3,8-13,16,19H2/t29-/m0/s1. The number of hydrogen-bond donors (Lipinski definition) is 2. The third kappa shape index (κ3) is 10.7. The number of morpholine rings is 1. The van der Waals surface area contributed by atoms with Crippen molar-refractivity contribution >= 4 is 44.9 Å². The lowest BCUT2D eigenvalue weighted by atomic mass is 10.0. The number of phenols is 1. The zero-order valence-corrected chi connectivity index (χ0v) is 28.5. The predicted molar refractivity (Wildman–Crippen MR) is 176 cm³/mol. The molecule has 2 aromatic carbocycles. The summed E-state index contributed by atoms with van der Waals surface area (Å²) >= 11 is 12.7. The molecule has 1 saturated carbocycles. The maximum Gasteiger partial charge on any atom is 0.387 e. The predicted octanol–water partition coefficient (Wildman–Crippen LogP) is 5.33. The summed E-state index contributed by atoms with van der Waals surface area (Å²) in [6.45, 7) is 0.300. The van der Waals surface area contributed by atoms with Gasteiger partial charge in [-0.25, -0.2) is 13.2 Å². The molecule has 12 nitrogen and oxygen atoms in total. The summed E-state index contributed by atoms with van der Waals surface area (Å²) in [7, 11) is -3.90. The molecule has 2 fully saturated rings. The van der Waals surface area contributed by atoms with E-state index in [1.165, 1.54) is 24.3 Å². The van der Waals surface area contributed by atoms with Crippen molar-refractivity contribution in [3.8, 4) is 17.2 Å². The van der Waals surface area contributed by atoms with Gasteiger partial charge in [0.25, 0.3) is 0 Å². The number of esters is 1. The summed E-state index contributed by atoms with van der Waals surface area (Å²) in [6, 6.07) is 7.61. The molecule has 49 heavy (non-hydrogen) atoms. The Morgan fingerprint density at radius 1 is 1.10 bits per heavy atom. The largest absolute Gasteiger partial charge is 0.619 e. The van der Waals surface area contributed by atoms with Crippen LogP contribution in [-0.2, 0) is 25.9 Å². The molecule has 266 valence electrons. The highest BCUT2D eigenvalue weighted by atomic mass is 35.5. The molecule has 1 saturated heterocycles. The van der Waals surface area contributed by atoms with Gasteiger partial charge in [-0.3, -0.25) is 9.62 Å². The van der Waals surface area contributed by atoms with Crippen molar-refractivity contribution in [3.63, 3.8) is 0 Å². The van der Waals surface area contributed by atoms with E-state index in [-0.39, 0.29) is 63.1 Å². The van der Waals surface area contributed by atoms with Gasteiger partial charge in [-0.15, -0.1) is 0 Å². The number of nitrogens with zero attached hydrogens (tertiary/aromatic N) is 2. The average Bonchev–Trinajstić information content (AvgIpc) is 3.87. The van der Waals surface area contributed by atoms with E-state index in [1.54, 1.807) is 0 Å². The fourth-order valence-corrected chi connectivity index (χ4v) is 6.83. The van der Waals surface area contributed by atoms with Crippen LogP contribution in [0.2, 0.25) is 10.0 Å². The molecule has 0 radical (unpaired) electrons. The zero-order chi connectivity index (χ0) is 35.1. The SMILES string of the molecule is O=C(O[C@@H](Cc1c(Cl)c[n+]([O-])cc1Cl)c1ccc(OC(F)F)c(OCC2CC2)c1)c1ccc(O)c(NS(=O)(=O)CCCN2CCOCC2)c1. The Morgan fingerprint density at radius 3 is 2.49 bits per heavy atom. The number of carbonyl (C=O) groups is 1. The van der Waals surface area contributed by atoms with E-state index in [2.05, 4.69) is 14.4 Å². The Morgan fingerprint density at radius 2 is 1.82 bits per heavy atom. The van der Waals surface area contributed by atoms with Crippen LogP contribution in [0.3, 0.4) is 0 Å². The number of aromatic hydroxyl groups is 1. The molecule has 5 rings (SSSR count). The van der Waals surface area contributed by atoms with Crippen LogP contribution in [0.5, 0.6) is 17.2 Å². The highest BCUT2D eigenvalue weighted by Gasteiger charge is 2.27. The smallest absolute Gasteiger partial charge is 0.387 e. The minimum atomic E-state index is -3.90. The minimum Gasteiger partial charge on any atom is -0.619 e. The van der Waals surface area contributed by atoms with E-state index >= 15 is 0 Å². The fourth-order valence-electron chi connectivity index (χ4n) is 5.13. The number of pyridine rings is 1. The Kier molecular flexibility index (Phi) is 12.3. The van der Waals surface area contributed by atoms with Crippen LogP contribution in [0, 0.1) is 11.1 Å². The minimum absolute atomic E-state index is 0.00310. The molecular weight excluding hydrogens is 711 g/mol. The first-order chi connectivity index (χ1) is 23.4. The van der Waals surface area contributed by atoms with E-state index in [0.29, 0.717) is 49.6 Å². The van der Waals surface area contributed by atoms with Crippen molar-refractivity contribution in [1.82, 2.24) is 4.90 Å². The van der Waals surface area contributed by atoms with Crippen LogP contribution in [0.1, 0.15) is 46.9 Å². The number of halogens is 4. The molecular formula is C32H35Cl2F2N3O9S. The number of aromatic nitrogens is 1. The number of hydrogen-bond acceptors (Lipinski definition) is 10. The van der Waals surface area contributed by atoms with Crippen molar-refractivity contribution in [2.24, 2.45) is 5.92 Å². The second-order valence-corrected chi connectivity index (χ2v) is 14.3. The van der Waals surface area contributed by atoms with E-state index < -0.39 is 34.5 Å². The summed E-state index contributed by atoms with van der Waals surface area (Å²) in [4.78, 5) is 15.7. The molecule has 0 bridgehead atoms. The first kappa shape index (κ1) is 36.6. The molecule has 2 aliphatic rings. The van der Waals surface area contributed by atoms with Gasteiger partial charge in [-0.2, -0.15) is 13.5 Å². The average molecular weight is 747 g/mol. The highest BCUT2D eigenvalue weighted by molar-refractivity contribution is 7.92. The number of benzene rings is 2. The topological polar surface area (TPSA) is 151 Å². The van der Waals surface area contributed by atoms with Crippen molar-refractivity contribution < 1.29 is 50.8 Å². The summed E-state index contributed by atoms with van der Waals surface area (Å²) in [6.07, 6.45) is 3.05. The molecule has 1 atom stereocenters. The molecule has 3 aromatic rings. The van der Waals surface area contributed by atoms with Crippen LogP contribution >= 0.6 is 23.2 Å². The van der Waals surface area contributed by atoms with Gasteiger partial charge in [0.15, 0.2) is 23.9 Å². The summed E-state index contributed by atoms with van der Waals surface area (Å²) in [5.74, 6) is -1.49. The van der Waals surface area contributed by atoms with Gasteiger partial charge in [-0.05, 0) is 67.6 Å². The van der Waals surface area contributed by atoms with Gasteiger partial charge >= 0.3 is 12.6 Å². The molecule has 1 aliphatic carbocycles. The Balaban J connectivity index is 1.38. The lowest BCUT2D eigenvalue weighted by molar-refractivity contribution is -0.605. The molecule has 2 N–H and O–H groups in total. The van der Waals surface area contributed by atoms with Crippen LogP contribution in [0.4, 0.5) is 14.5 Å². The summed E-state index contributed by atoms with van der Waals surface area (Å²) in [5, 5.41) is 22.3. The molecule has 17 heteroatoms. The zero-order valence-electron chi connectivity index (χ0n) is 26.2. The number of carbonyl (C=O) groups excluding carboxylic acids is 1. The van der Waals surface area contributed by atoms with Crippen molar-refractivity contribution in [1.29, 1.82) is 0 Å². The molecule has 2 heterocycles. The lowest BCUT2D eigenvalue weighted by Crippen LogP contribution is -2.37. The first-order valence-electron chi connectivity index (χ1n) is 15.5. The van der Waals surface area contributed by atoms with E-state index in [9.17, 15) is 32.3 Å². The third-order valence-corrected chi connectivity index (χ3v) is 9.92. The van der Waals surface area contributed by atoms with E-state index in [4.69, 9.17) is 37.4 Å². The normalized spacial score (nSPS) is 15.9. The van der Waals surface area contributed by atoms with Gasteiger partial charge in [0.05, 0.1) is 36.8 Å². The number of ether oxygens (including phenoxy) is 4. The van der Waals surface area contributed by atoms with Crippen molar-refractivity contribution in [2.75, 3.05) is 49.9 Å². The number of nitrogens with one attached hydrogen (secondary N) is 1. The Labute approximate surface area is 292 Å². The van der Waals surface area contributed by atoms with Gasteiger partial charge < -0.3 is 29.3 Å². The lowest BCUT2D eigenvalue weighted by Gasteiger charge is -2.26. The number of rotatable bonds is 16. The van der Waals surface area contributed by atoms with E-state index in [0.717, 1.165) is 37.4 Å². The molecule has 0 amide bonds. The van der Waals surface area contributed by atoms with Crippen LogP contribution in [-0.4, -0.2) is 76.2 Å². The Hall–Kier alpha value is -3.63. The second kappa shape index (κ2) is 16.4. The summed E-state index contributed by atoms with van der Waals surface area (Å²) < 4.78 is 76.4. The highest BCUT2D eigenvalue weighted by Crippen LogP contribution is 2.38. The van der Waals surface area contributed by atoms with Crippen LogP contribution in [0.15, 0.2) is 48.8 Å². The van der Waals surface area contributed by atoms with Gasteiger partial charge in [-0.1, -0.05) is 29.3 Å². The quantitative estimate of drug-likeness (QED) is 0.0853. The number of phenolic OH excluding ortho intramolecular Hbond substituents is 1. The van der Waals surface area contributed by atoms with E-state index in [1.807, 2.05) is 0 Å². The molecule has 0 spiro atoms. The fraction of sp³-hybridized carbons (Fsp3) is 0.438. The second-order valence-electron chi connectivity index (χ2n) is 11.7. The molecule has 0 unspecified atom stereocenters. The van der Waals surface area contributed by atoms with Gasteiger partial charge in [0.1, 0.15) is 21.9 Å². The maximum atomic E-state index is 13.6. The van der Waals surface area contributed by atoms with Crippen LogP contribution < -0.4 is 18.9 Å². The first-order valence-corrected chi connectivity index (χ1v) is 17.9. The molecule has 1 aliphatic heterocycles. The van der Waals surface area contributed by atoms with Crippen molar-refractivity contribution in [3.05, 3.63) is 80.7 Å². The monoisotopic (exact) mass is 745 g/mol. The van der Waals surface area contributed by atoms with Gasteiger partial charge in [0.2, 0.25) is 10.0 Å². The summed E-state index contributed by atoms with van der Waals surface area (Å²) in [5.41, 5.74) is 0.222. The van der Waals surface area contributed by atoms with Crippen LogP contribution in [0.25, 0.3) is 0 Å². The van der Waals surface area contributed by atoms with Crippen molar-refractivity contribution in [2.45, 2.75) is 38.4 Å².